The molecule has 210 valence electrons. The minimum absolute atomic E-state index is 0.0931. The highest BCUT2D eigenvalue weighted by atomic mass is 35.5. The van der Waals surface area contributed by atoms with E-state index in [2.05, 4.69) is 25.9 Å². The normalized spacial score (nSPS) is 19.6. The molecule has 2 aromatic rings. The number of nitrogens with zero attached hydrogens (tertiary/aromatic N) is 4. The Kier molecular flexibility index (Phi) is 9.74. The summed E-state index contributed by atoms with van der Waals surface area (Å²) < 4.78 is 5.20. The number of urea groups is 1. The molecule has 2 fully saturated rings. The fourth-order valence-electron chi connectivity index (χ4n) is 4.50. The number of aliphatic hydroxyl groups excluding tert-OH is 1. The number of aromatic nitrogens is 2. The van der Waals surface area contributed by atoms with Gasteiger partial charge in [-0.05, 0) is 43.4 Å². The lowest BCUT2D eigenvalue weighted by molar-refractivity contribution is -0.174. The maximum atomic E-state index is 13.1. The molecule has 1 aromatic heterocycles. The summed E-state index contributed by atoms with van der Waals surface area (Å²) in [5.74, 6) is 0.512. The third-order valence-corrected chi connectivity index (χ3v) is 6.96. The van der Waals surface area contributed by atoms with Crippen LogP contribution in [0.3, 0.4) is 0 Å². The Morgan fingerprint density at radius 3 is 2.59 bits per heavy atom. The van der Waals surface area contributed by atoms with E-state index in [1.165, 1.54) is 13.3 Å². The summed E-state index contributed by atoms with van der Waals surface area (Å²) in [7, 11) is 1.53. The highest BCUT2D eigenvalue weighted by Crippen LogP contribution is 2.26. The Balaban J connectivity index is 1.48. The van der Waals surface area contributed by atoms with Gasteiger partial charge in [0.2, 0.25) is 5.95 Å². The Morgan fingerprint density at radius 1 is 1.18 bits per heavy atom. The fraction of sp³-hybridized carbons (Fsp3) is 0.480. The van der Waals surface area contributed by atoms with E-state index in [0.717, 1.165) is 5.56 Å². The number of carbonyl (C=O) groups is 3. The van der Waals surface area contributed by atoms with Crippen molar-refractivity contribution >= 4 is 41.8 Å². The minimum Gasteiger partial charge on any atom is -0.495 e. The number of hydroxylamine groups is 2. The predicted octanol–water partition coefficient (Wildman–Crippen LogP) is 1.70. The van der Waals surface area contributed by atoms with Crippen molar-refractivity contribution in [3.63, 3.8) is 0 Å². The molecule has 1 aromatic carbocycles. The van der Waals surface area contributed by atoms with Crippen LogP contribution in [0.5, 0.6) is 5.75 Å². The smallest absolute Gasteiger partial charge is 0.321 e. The maximum Gasteiger partial charge on any atom is 0.321 e. The van der Waals surface area contributed by atoms with Crippen LogP contribution in [0.25, 0.3) is 0 Å². The SMILES string of the molecule is COc1ccc(CNc2nc(N3CCN(OC=O)CC3)ncc2C(=O)NC(=O)NC2CCC(O)CC2)cc1Cl. The average Bonchev–Trinajstić information content (AvgIpc) is 2.93. The summed E-state index contributed by atoms with van der Waals surface area (Å²) in [5, 5.41) is 20.0. The molecule has 0 radical (unpaired) electrons. The summed E-state index contributed by atoms with van der Waals surface area (Å²) in [5.41, 5.74) is 0.916. The Morgan fingerprint density at radius 2 is 1.92 bits per heavy atom. The first-order valence-corrected chi connectivity index (χ1v) is 13.1. The van der Waals surface area contributed by atoms with Crippen LogP contribution in [-0.2, 0) is 16.2 Å². The molecule has 13 nitrogen and oxygen atoms in total. The van der Waals surface area contributed by atoms with Crippen LogP contribution >= 0.6 is 11.6 Å². The third kappa shape index (κ3) is 7.68. The van der Waals surface area contributed by atoms with E-state index >= 15 is 0 Å². The lowest BCUT2D eigenvalue weighted by Crippen LogP contribution is -2.47. The number of imide groups is 1. The van der Waals surface area contributed by atoms with Gasteiger partial charge in [0.25, 0.3) is 5.91 Å². The molecule has 0 spiro atoms. The zero-order valence-corrected chi connectivity index (χ0v) is 22.3. The minimum atomic E-state index is -0.658. The van der Waals surface area contributed by atoms with Gasteiger partial charge in [-0.15, -0.1) is 5.06 Å². The number of rotatable bonds is 9. The largest absolute Gasteiger partial charge is 0.495 e. The second-order valence-electron chi connectivity index (χ2n) is 9.31. The van der Waals surface area contributed by atoms with Gasteiger partial charge < -0.3 is 30.2 Å². The average molecular weight is 562 g/mol. The molecular weight excluding hydrogens is 530 g/mol. The first-order valence-electron chi connectivity index (χ1n) is 12.7. The van der Waals surface area contributed by atoms with E-state index in [1.54, 1.807) is 17.2 Å². The molecule has 1 saturated carbocycles. The van der Waals surface area contributed by atoms with Gasteiger partial charge in [0.05, 0.1) is 31.3 Å². The lowest BCUT2D eigenvalue weighted by Gasteiger charge is -2.32. The van der Waals surface area contributed by atoms with Crippen LogP contribution in [0, 0.1) is 0 Å². The number of piperazine rings is 1. The Bertz CT molecular complexity index is 1170. The Labute approximate surface area is 230 Å². The number of methoxy groups -OCH3 is 1. The molecule has 39 heavy (non-hydrogen) atoms. The number of ether oxygens (including phenoxy) is 1. The molecule has 1 aliphatic heterocycles. The zero-order valence-electron chi connectivity index (χ0n) is 21.6. The molecule has 1 saturated heterocycles. The van der Waals surface area contributed by atoms with E-state index in [9.17, 15) is 19.5 Å². The first-order chi connectivity index (χ1) is 18.9. The van der Waals surface area contributed by atoms with Gasteiger partial charge in [0, 0.05) is 31.9 Å². The maximum absolute atomic E-state index is 13.1. The highest BCUT2D eigenvalue weighted by Gasteiger charge is 2.25. The second kappa shape index (κ2) is 13.4. The van der Waals surface area contributed by atoms with Crippen LogP contribution in [-0.4, -0.2) is 84.0 Å². The van der Waals surface area contributed by atoms with Crippen molar-refractivity contribution in [1.82, 2.24) is 25.7 Å². The van der Waals surface area contributed by atoms with E-state index in [-0.39, 0.29) is 30.1 Å². The number of amides is 3. The lowest BCUT2D eigenvalue weighted by atomic mass is 9.93. The van der Waals surface area contributed by atoms with Crippen molar-refractivity contribution in [1.29, 1.82) is 0 Å². The summed E-state index contributed by atoms with van der Waals surface area (Å²) in [6.45, 7) is 2.63. The van der Waals surface area contributed by atoms with Crippen LogP contribution in [0.15, 0.2) is 24.4 Å². The van der Waals surface area contributed by atoms with Crippen molar-refractivity contribution in [3.05, 3.63) is 40.5 Å². The zero-order chi connectivity index (χ0) is 27.8. The van der Waals surface area contributed by atoms with Gasteiger partial charge in [-0.3, -0.25) is 14.9 Å². The van der Waals surface area contributed by atoms with Crippen LogP contribution < -0.4 is 25.6 Å². The molecular formula is C25H32ClN7O6. The standard InChI is InChI=1S/C25H32ClN7O6/c1-38-21-7-2-16(12-20(21)26)13-27-22-19(23(36)31-25(37)29-17-3-5-18(35)6-4-17)14-28-24(30-22)32-8-10-33(11-9-32)39-15-34/h2,7,12,14-15,17-18,35H,3-6,8-11,13H2,1H3,(H,27,28,30)(H2,29,31,36,37). The summed E-state index contributed by atoms with van der Waals surface area (Å²) in [4.78, 5) is 52.0. The van der Waals surface area contributed by atoms with Gasteiger partial charge >= 0.3 is 12.5 Å². The van der Waals surface area contributed by atoms with E-state index < -0.39 is 11.9 Å². The summed E-state index contributed by atoms with van der Waals surface area (Å²) >= 11 is 6.26. The molecule has 0 unspecified atom stereocenters. The number of hydrogen-bond acceptors (Lipinski definition) is 11. The van der Waals surface area contributed by atoms with Crippen molar-refractivity contribution in [2.75, 3.05) is 43.5 Å². The molecule has 4 N–H and O–H groups in total. The van der Waals surface area contributed by atoms with Gasteiger partial charge in [-0.25, -0.2) is 9.78 Å². The van der Waals surface area contributed by atoms with Gasteiger partial charge in [-0.1, -0.05) is 17.7 Å². The number of halogens is 1. The van der Waals surface area contributed by atoms with Gasteiger partial charge in [-0.2, -0.15) is 4.98 Å². The molecule has 2 aliphatic rings. The third-order valence-electron chi connectivity index (χ3n) is 6.67. The predicted molar refractivity (Wildman–Crippen MR) is 143 cm³/mol. The van der Waals surface area contributed by atoms with Crippen LogP contribution in [0.2, 0.25) is 5.02 Å². The molecule has 4 rings (SSSR count). The molecule has 0 atom stereocenters. The van der Waals surface area contributed by atoms with E-state index in [4.69, 9.17) is 21.2 Å². The molecule has 3 amide bonds. The van der Waals surface area contributed by atoms with Crippen LogP contribution in [0.4, 0.5) is 16.6 Å². The Hall–Kier alpha value is -3.68. The van der Waals surface area contributed by atoms with Crippen molar-refractivity contribution in [2.45, 2.75) is 44.4 Å². The van der Waals surface area contributed by atoms with Crippen molar-refractivity contribution < 1.29 is 29.1 Å². The van der Waals surface area contributed by atoms with Crippen molar-refractivity contribution in [2.24, 2.45) is 0 Å². The second-order valence-corrected chi connectivity index (χ2v) is 9.71. The first kappa shape index (κ1) is 28.3. The van der Waals surface area contributed by atoms with Crippen molar-refractivity contribution in [3.8, 4) is 5.75 Å². The van der Waals surface area contributed by atoms with E-state index in [1.807, 2.05) is 11.0 Å². The number of nitrogens with one attached hydrogen (secondary N) is 3. The molecule has 2 heterocycles. The molecule has 1 aliphatic carbocycles. The summed E-state index contributed by atoms with van der Waals surface area (Å²) in [6.07, 6.45) is 3.52. The topological polar surface area (TPSA) is 158 Å². The fourth-order valence-corrected chi connectivity index (χ4v) is 4.78. The molecule has 0 bridgehead atoms. The number of carbonyl (C=O) groups excluding carboxylic acids is 3. The number of benzene rings is 1. The number of hydrogen-bond donors (Lipinski definition) is 4. The van der Waals surface area contributed by atoms with E-state index in [0.29, 0.717) is 75.1 Å². The summed E-state index contributed by atoms with van der Waals surface area (Å²) in [6, 6.07) is 4.59. The number of anilines is 2. The molecule has 14 heteroatoms. The van der Waals surface area contributed by atoms with Crippen LogP contribution in [0.1, 0.15) is 41.6 Å². The van der Waals surface area contributed by atoms with Gasteiger partial charge in [0.15, 0.2) is 0 Å². The highest BCUT2D eigenvalue weighted by molar-refractivity contribution is 6.32. The van der Waals surface area contributed by atoms with Gasteiger partial charge in [0.1, 0.15) is 17.1 Å². The monoisotopic (exact) mass is 561 g/mol. The number of aliphatic hydroxyl groups is 1. The quantitative estimate of drug-likeness (QED) is 0.330.